The van der Waals surface area contributed by atoms with Crippen molar-refractivity contribution in [2.45, 2.75) is 79.1 Å². The van der Waals surface area contributed by atoms with Gasteiger partial charge in [-0.25, -0.2) is 4.70 Å². The van der Waals surface area contributed by atoms with Crippen LogP contribution in [0.15, 0.2) is 59.7 Å². The quantitative estimate of drug-likeness (QED) is 0.283. The minimum atomic E-state index is 0.919. The first-order valence-corrected chi connectivity index (χ1v) is 11.8. The molecule has 2 aromatic carbocycles. The average Bonchev–Trinajstić information content (AvgIpc) is 3.07. The Labute approximate surface area is 182 Å². The van der Waals surface area contributed by atoms with Crippen LogP contribution in [0.4, 0.5) is 0 Å². The molecule has 0 fully saturated rings. The molecular weight excluding hydrogens is 364 g/mol. The van der Waals surface area contributed by atoms with E-state index in [-0.39, 0.29) is 0 Å². The zero-order chi connectivity index (χ0) is 21.5. The van der Waals surface area contributed by atoms with E-state index in [1.807, 2.05) is 0 Å². The molecule has 158 valence electrons. The third kappa shape index (κ3) is 4.64. The zero-order valence-corrected chi connectivity index (χ0v) is 19.2. The number of benzene rings is 2. The highest BCUT2D eigenvalue weighted by molar-refractivity contribution is 5.82. The fourth-order valence-electron chi connectivity index (χ4n) is 4.50. The van der Waals surface area contributed by atoms with E-state index in [1.54, 1.807) is 0 Å². The Morgan fingerprint density at radius 1 is 0.667 bits per heavy atom. The van der Waals surface area contributed by atoms with E-state index < -0.39 is 0 Å². The second-order valence-electron chi connectivity index (χ2n) is 8.24. The molecule has 0 saturated heterocycles. The number of hydrogen-bond acceptors (Lipinski definition) is 0. The van der Waals surface area contributed by atoms with Gasteiger partial charge in [-0.3, -0.25) is 0 Å². The van der Waals surface area contributed by atoms with Crippen molar-refractivity contribution in [2.24, 2.45) is 0 Å². The van der Waals surface area contributed by atoms with Crippen molar-refractivity contribution < 1.29 is 4.70 Å². The largest absolute Gasteiger partial charge is 0.493 e. The van der Waals surface area contributed by atoms with E-state index in [0.29, 0.717) is 0 Å². The lowest BCUT2D eigenvalue weighted by molar-refractivity contribution is -0.345. The molecule has 30 heavy (non-hydrogen) atoms. The summed E-state index contributed by atoms with van der Waals surface area (Å²) in [6.45, 7) is 8.83. The van der Waals surface area contributed by atoms with Gasteiger partial charge in [0, 0.05) is 22.3 Å². The van der Waals surface area contributed by atoms with Crippen molar-refractivity contribution in [1.82, 2.24) is 0 Å². The van der Waals surface area contributed by atoms with Gasteiger partial charge in [-0.2, -0.15) is 0 Å². The van der Waals surface area contributed by atoms with Crippen LogP contribution in [0.5, 0.6) is 0 Å². The van der Waals surface area contributed by atoms with Crippen molar-refractivity contribution in [3.05, 3.63) is 87.5 Å². The highest BCUT2D eigenvalue weighted by Gasteiger charge is 2.34. The van der Waals surface area contributed by atoms with E-state index >= 15 is 0 Å². The molecule has 3 rings (SSSR count). The van der Waals surface area contributed by atoms with E-state index in [0.717, 1.165) is 48.2 Å². The van der Waals surface area contributed by atoms with Crippen LogP contribution in [0, 0.1) is 0 Å². The molecule has 0 aliphatic carbocycles. The standard InChI is InChI=1S/C28H36N2/c1-5-9-10-11-18-26-25(8-4)27(23-16-12-14-21(6-2)19-23)30(29)28(26)24-17-13-15-22(7-3)20-24/h12-17,19-20H,5-11,18H2,1-4H3. The SMILES string of the molecule is CCCCCCC1=C(c2cccc(CC)c2)[N+](=[N-])C(c2cccc(CC)c2)=C1CC. The van der Waals surface area contributed by atoms with Gasteiger partial charge in [-0.1, -0.05) is 71.2 Å². The Balaban J connectivity index is 2.10. The van der Waals surface area contributed by atoms with Gasteiger partial charge in [0.05, 0.1) is 0 Å². The average molecular weight is 401 g/mol. The molecule has 0 amide bonds. The van der Waals surface area contributed by atoms with Gasteiger partial charge in [0.15, 0.2) is 0 Å². The van der Waals surface area contributed by atoms with E-state index in [2.05, 4.69) is 76.2 Å². The minimum Gasteiger partial charge on any atom is -0.493 e. The van der Waals surface area contributed by atoms with Crippen molar-refractivity contribution in [3.8, 4) is 0 Å². The first-order chi connectivity index (χ1) is 14.6. The molecule has 1 aliphatic heterocycles. The highest BCUT2D eigenvalue weighted by Crippen LogP contribution is 2.44. The Kier molecular flexibility index (Phi) is 7.79. The van der Waals surface area contributed by atoms with Crippen LogP contribution < -0.4 is 0 Å². The van der Waals surface area contributed by atoms with Gasteiger partial charge in [-0.15, -0.1) is 0 Å². The van der Waals surface area contributed by atoms with Gasteiger partial charge in [0.25, 0.3) is 0 Å². The van der Waals surface area contributed by atoms with E-state index in [4.69, 9.17) is 0 Å². The van der Waals surface area contributed by atoms with Gasteiger partial charge in [0.2, 0.25) is 11.4 Å². The van der Waals surface area contributed by atoms with Gasteiger partial charge in [0.1, 0.15) is 0 Å². The predicted molar refractivity (Wildman–Crippen MR) is 128 cm³/mol. The van der Waals surface area contributed by atoms with Crippen LogP contribution in [0.1, 0.15) is 88.5 Å². The maximum Gasteiger partial charge on any atom is 0.211 e. The molecule has 1 aliphatic rings. The summed E-state index contributed by atoms with van der Waals surface area (Å²) in [4.78, 5) is 0. The Bertz CT molecular complexity index is 962. The Hall–Kier alpha value is -2.48. The van der Waals surface area contributed by atoms with E-state index in [9.17, 15) is 5.53 Å². The molecule has 2 nitrogen and oxygen atoms in total. The lowest BCUT2D eigenvalue weighted by Crippen LogP contribution is -2.03. The van der Waals surface area contributed by atoms with Crippen LogP contribution >= 0.6 is 0 Å². The fourth-order valence-corrected chi connectivity index (χ4v) is 4.50. The normalized spacial score (nSPS) is 14.2. The molecule has 0 N–H and O–H groups in total. The molecule has 0 aromatic heterocycles. The molecule has 0 unspecified atom stereocenters. The molecule has 1 heterocycles. The molecule has 0 saturated carbocycles. The van der Waals surface area contributed by atoms with Crippen molar-refractivity contribution in [1.29, 1.82) is 0 Å². The maximum atomic E-state index is 11.5. The minimum absolute atomic E-state index is 0.919. The van der Waals surface area contributed by atoms with Crippen molar-refractivity contribution >= 4 is 11.4 Å². The molecule has 0 spiro atoms. The smallest absolute Gasteiger partial charge is 0.211 e. The summed E-state index contributed by atoms with van der Waals surface area (Å²) < 4.78 is 1.48. The number of rotatable bonds is 10. The summed E-state index contributed by atoms with van der Waals surface area (Å²) in [5, 5.41) is 0. The monoisotopic (exact) mass is 400 g/mol. The summed E-state index contributed by atoms with van der Waals surface area (Å²) in [6.07, 6.45) is 8.85. The summed E-state index contributed by atoms with van der Waals surface area (Å²) in [5.74, 6) is 0. The van der Waals surface area contributed by atoms with Crippen molar-refractivity contribution in [3.63, 3.8) is 0 Å². The molecule has 0 bridgehead atoms. The first-order valence-electron chi connectivity index (χ1n) is 11.8. The van der Waals surface area contributed by atoms with Crippen LogP contribution in [0.2, 0.25) is 0 Å². The van der Waals surface area contributed by atoms with E-state index in [1.165, 1.54) is 52.7 Å². The zero-order valence-electron chi connectivity index (χ0n) is 19.2. The number of unbranched alkanes of at least 4 members (excludes halogenated alkanes) is 3. The Morgan fingerprint density at radius 2 is 1.23 bits per heavy atom. The number of allylic oxidation sites excluding steroid dienone is 2. The molecule has 2 aromatic rings. The summed E-state index contributed by atoms with van der Waals surface area (Å²) >= 11 is 0. The molecule has 2 heteroatoms. The molecule has 0 radical (unpaired) electrons. The lowest BCUT2D eigenvalue weighted by atomic mass is 9.93. The lowest BCUT2D eigenvalue weighted by Gasteiger charge is -2.11. The van der Waals surface area contributed by atoms with Crippen LogP contribution in [0.3, 0.4) is 0 Å². The fraction of sp³-hybridized carbons (Fsp3) is 0.429. The Morgan fingerprint density at radius 3 is 1.73 bits per heavy atom. The van der Waals surface area contributed by atoms with Gasteiger partial charge < -0.3 is 5.53 Å². The van der Waals surface area contributed by atoms with Crippen LogP contribution in [0.25, 0.3) is 16.9 Å². The van der Waals surface area contributed by atoms with Crippen LogP contribution in [-0.2, 0) is 12.8 Å². The summed E-state index contributed by atoms with van der Waals surface area (Å²) in [6, 6.07) is 17.3. The number of hydrogen-bond donors (Lipinski definition) is 0. The maximum absolute atomic E-state index is 11.5. The predicted octanol–water partition coefficient (Wildman–Crippen LogP) is 8.36. The third-order valence-corrected chi connectivity index (χ3v) is 6.21. The van der Waals surface area contributed by atoms with Crippen LogP contribution in [-0.4, -0.2) is 4.70 Å². The molecular formula is C28H36N2. The second kappa shape index (κ2) is 10.5. The number of nitrogens with zero attached hydrogens (tertiary/aromatic N) is 2. The number of aryl methyl sites for hydroxylation is 2. The van der Waals surface area contributed by atoms with Gasteiger partial charge >= 0.3 is 0 Å². The molecule has 0 atom stereocenters. The topological polar surface area (TPSA) is 25.3 Å². The second-order valence-corrected chi connectivity index (χ2v) is 8.24. The summed E-state index contributed by atoms with van der Waals surface area (Å²) in [5.41, 5.74) is 20.9. The highest BCUT2D eigenvalue weighted by atomic mass is 15.2. The van der Waals surface area contributed by atoms with Crippen molar-refractivity contribution in [2.75, 3.05) is 0 Å². The third-order valence-electron chi connectivity index (χ3n) is 6.21. The van der Waals surface area contributed by atoms with Gasteiger partial charge in [-0.05, 0) is 67.5 Å². The first kappa shape index (κ1) is 22.2. The summed E-state index contributed by atoms with van der Waals surface area (Å²) in [7, 11) is 0.